The van der Waals surface area contributed by atoms with Crippen LogP contribution in [-0.4, -0.2) is 9.55 Å². The molecule has 3 aromatic heterocycles. The second kappa shape index (κ2) is 10.2. The van der Waals surface area contributed by atoms with Crippen molar-refractivity contribution in [2.24, 2.45) is 0 Å². The maximum absolute atomic E-state index is 6.39. The molecule has 0 atom stereocenters. The van der Waals surface area contributed by atoms with Gasteiger partial charge in [0.25, 0.3) is 0 Å². The standard InChI is InChI=1S/C41H27N3O/c1-2-10-30(11-3-1)43(41-40-36(26-27-42-41)35-14-6-9-17-39(35)45-40)31-22-18-28(19-23-31)29-20-24-32(25-21-29)44-37-15-7-4-12-33(37)34-13-5-8-16-38(34)44/h1-27H. The summed E-state index contributed by atoms with van der Waals surface area (Å²) in [5.41, 5.74) is 9.53. The zero-order valence-electron chi connectivity index (χ0n) is 24.3. The summed E-state index contributed by atoms with van der Waals surface area (Å²) >= 11 is 0. The quantitative estimate of drug-likeness (QED) is 0.204. The maximum atomic E-state index is 6.39. The summed E-state index contributed by atoms with van der Waals surface area (Å²) < 4.78 is 8.74. The highest BCUT2D eigenvalue weighted by Crippen LogP contribution is 2.41. The Balaban J connectivity index is 1.11. The first-order valence-electron chi connectivity index (χ1n) is 15.1. The molecule has 0 aliphatic heterocycles. The van der Waals surface area contributed by atoms with E-state index in [9.17, 15) is 0 Å². The molecule has 0 unspecified atom stereocenters. The van der Waals surface area contributed by atoms with Crippen LogP contribution in [0.4, 0.5) is 17.2 Å². The number of hydrogen-bond donors (Lipinski definition) is 0. The number of nitrogens with zero attached hydrogens (tertiary/aromatic N) is 3. The van der Waals surface area contributed by atoms with E-state index in [1.165, 1.54) is 21.8 Å². The van der Waals surface area contributed by atoms with Crippen LogP contribution in [0.15, 0.2) is 168 Å². The van der Waals surface area contributed by atoms with E-state index in [2.05, 4.69) is 125 Å². The number of para-hydroxylation sites is 4. The third-order valence-electron chi connectivity index (χ3n) is 8.67. The molecule has 9 rings (SSSR count). The van der Waals surface area contributed by atoms with Crippen LogP contribution in [0, 0.1) is 0 Å². The van der Waals surface area contributed by atoms with Gasteiger partial charge in [-0.25, -0.2) is 4.98 Å². The number of rotatable bonds is 5. The fraction of sp³-hybridized carbons (Fsp3) is 0. The van der Waals surface area contributed by atoms with Crippen molar-refractivity contribution in [2.45, 2.75) is 0 Å². The summed E-state index contributed by atoms with van der Waals surface area (Å²) in [5.74, 6) is 0.762. The minimum Gasteiger partial charge on any atom is -0.452 e. The Labute approximate surface area is 260 Å². The third kappa shape index (κ3) is 4.11. The van der Waals surface area contributed by atoms with Gasteiger partial charge < -0.3 is 8.98 Å². The van der Waals surface area contributed by atoms with Gasteiger partial charge in [0.1, 0.15) is 5.58 Å². The Morgan fingerprint density at radius 1 is 0.467 bits per heavy atom. The molecule has 0 fully saturated rings. The van der Waals surface area contributed by atoms with E-state index < -0.39 is 0 Å². The number of pyridine rings is 1. The molecule has 0 amide bonds. The summed E-state index contributed by atoms with van der Waals surface area (Å²) in [6.45, 7) is 0. The molecule has 4 nitrogen and oxygen atoms in total. The van der Waals surface area contributed by atoms with Gasteiger partial charge in [0.05, 0.1) is 11.0 Å². The highest BCUT2D eigenvalue weighted by molar-refractivity contribution is 6.10. The molecule has 212 valence electrons. The van der Waals surface area contributed by atoms with Crippen LogP contribution in [0.1, 0.15) is 0 Å². The fourth-order valence-corrected chi connectivity index (χ4v) is 6.57. The molecular formula is C41H27N3O. The highest BCUT2D eigenvalue weighted by atomic mass is 16.3. The van der Waals surface area contributed by atoms with Crippen molar-refractivity contribution >= 4 is 60.9 Å². The first-order chi connectivity index (χ1) is 22.3. The Bertz CT molecular complexity index is 2420. The average Bonchev–Trinajstić information content (AvgIpc) is 3.66. The minimum absolute atomic E-state index is 0.762. The second-order valence-corrected chi connectivity index (χ2v) is 11.2. The normalized spacial score (nSPS) is 11.6. The number of anilines is 3. The number of furan rings is 1. The predicted molar refractivity (Wildman–Crippen MR) is 186 cm³/mol. The lowest BCUT2D eigenvalue weighted by atomic mass is 10.0. The van der Waals surface area contributed by atoms with E-state index in [0.717, 1.165) is 55.9 Å². The zero-order valence-corrected chi connectivity index (χ0v) is 24.3. The van der Waals surface area contributed by atoms with Crippen molar-refractivity contribution in [1.82, 2.24) is 9.55 Å². The van der Waals surface area contributed by atoms with Crippen molar-refractivity contribution in [3.63, 3.8) is 0 Å². The molecule has 0 aliphatic carbocycles. The molecule has 4 heteroatoms. The van der Waals surface area contributed by atoms with E-state index in [-0.39, 0.29) is 0 Å². The Morgan fingerprint density at radius 3 is 1.71 bits per heavy atom. The van der Waals surface area contributed by atoms with Gasteiger partial charge in [0.15, 0.2) is 11.4 Å². The van der Waals surface area contributed by atoms with Crippen LogP contribution in [0.25, 0.3) is 60.6 Å². The van der Waals surface area contributed by atoms with Crippen molar-refractivity contribution in [3.05, 3.63) is 164 Å². The van der Waals surface area contributed by atoms with Crippen LogP contribution in [-0.2, 0) is 0 Å². The van der Waals surface area contributed by atoms with Crippen molar-refractivity contribution in [1.29, 1.82) is 0 Å². The number of hydrogen-bond acceptors (Lipinski definition) is 3. The SMILES string of the molecule is c1ccc(N(c2ccc(-c3ccc(-n4c5ccccc5c5ccccc54)cc3)cc2)c2nccc3c2oc2ccccc23)cc1. The molecular weight excluding hydrogens is 550 g/mol. The van der Waals surface area contributed by atoms with E-state index >= 15 is 0 Å². The smallest absolute Gasteiger partial charge is 0.181 e. The van der Waals surface area contributed by atoms with Gasteiger partial charge in [-0.2, -0.15) is 0 Å². The molecule has 0 aliphatic rings. The van der Waals surface area contributed by atoms with Crippen LogP contribution in [0.5, 0.6) is 0 Å². The van der Waals surface area contributed by atoms with Gasteiger partial charge in [-0.1, -0.05) is 97.1 Å². The molecule has 0 spiro atoms. The van der Waals surface area contributed by atoms with Crippen LogP contribution in [0.3, 0.4) is 0 Å². The molecule has 45 heavy (non-hydrogen) atoms. The lowest BCUT2D eigenvalue weighted by Gasteiger charge is -2.24. The van der Waals surface area contributed by atoms with Gasteiger partial charge in [-0.15, -0.1) is 0 Å². The molecule has 9 aromatic rings. The van der Waals surface area contributed by atoms with Crippen LogP contribution >= 0.6 is 0 Å². The van der Waals surface area contributed by atoms with Gasteiger partial charge in [0.2, 0.25) is 0 Å². The predicted octanol–water partition coefficient (Wildman–Crippen LogP) is 11.2. The van der Waals surface area contributed by atoms with Crippen LogP contribution in [0.2, 0.25) is 0 Å². The summed E-state index contributed by atoms with van der Waals surface area (Å²) in [4.78, 5) is 7.01. The van der Waals surface area contributed by atoms with Crippen molar-refractivity contribution < 1.29 is 4.42 Å². The van der Waals surface area contributed by atoms with Crippen molar-refractivity contribution in [2.75, 3.05) is 4.90 Å². The molecule has 0 bridgehead atoms. The summed E-state index contributed by atoms with van der Waals surface area (Å²) in [7, 11) is 0. The van der Waals surface area contributed by atoms with E-state index in [1.54, 1.807) is 0 Å². The molecule has 0 saturated heterocycles. The van der Waals surface area contributed by atoms with Gasteiger partial charge in [0, 0.05) is 44.8 Å². The molecule has 0 saturated carbocycles. The first kappa shape index (κ1) is 25.4. The molecule has 0 N–H and O–H groups in total. The van der Waals surface area contributed by atoms with E-state index in [4.69, 9.17) is 9.40 Å². The maximum Gasteiger partial charge on any atom is 0.181 e. The molecule has 3 heterocycles. The van der Waals surface area contributed by atoms with E-state index in [0.29, 0.717) is 0 Å². The third-order valence-corrected chi connectivity index (χ3v) is 8.67. The highest BCUT2D eigenvalue weighted by Gasteiger charge is 2.20. The minimum atomic E-state index is 0.762. The molecule has 0 radical (unpaired) electrons. The zero-order chi connectivity index (χ0) is 29.7. The number of benzene rings is 6. The summed E-state index contributed by atoms with van der Waals surface area (Å²) in [6.07, 6.45) is 1.86. The second-order valence-electron chi connectivity index (χ2n) is 11.2. The average molecular weight is 578 g/mol. The fourth-order valence-electron chi connectivity index (χ4n) is 6.57. The number of fused-ring (bicyclic) bond motifs is 6. The Kier molecular flexibility index (Phi) is 5.78. The topological polar surface area (TPSA) is 34.2 Å². The lowest BCUT2D eigenvalue weighted by molar-refractivity contribution is 0.667. The summed E-state index contributed by atoms with van der Waals surface area (Å²) in [6, 6.07) is 55.3. The van der Waals surface area contributed by atoms with Gasteiger partial charge in [-0.05, 0) is 71.8 Å². The van der Waals surface area contributed by atoms with Gasteiger partial charge in [-0.3, -0.25) is 4.90 Å². The molecule has 6 aromatic carbocycles. The first-order valence-corrected chi connectivity index (χ1v) is 15.1. The monoisotopic (exact) mass is 577 g/mol. The Hall–Kier alpha value is -6.13. The van der Waals surface area contributed by atoms with E-state index in [1.807, 2.05) is 48.7 Å². The van der Waals surface area contributed by atoms with Gasteiger partial charge >= 0.3 is 0 Å². The largest absolute Gasteiger partial charge is 0.452 e. The summed E-state index contributed by atoms with van der Waals surface area (Å²) in [5, 5.41) is 4.67. The van der Waals surface area contributed by atoms with Crippen molar-refractivity contribution in [3.8, 4) is 16.8 Å². The number of aromatic nitrogens is 2. The lowest BCUT2D eigenvalue weighted by Crippen LogP contribution is -2.11. The Morgan fingerprint density at radius 2 is 1.02 bits per heavy atom. The van der Waals surface area contributed by atoms with Crippen LogP contribution < -0.4 is 4.90 Å².